The molecule has 1 aliphatic carbocycles. The van der Waals surface area contributed by atoms with Crippen molar-refractivity contribution in [3.05, 3.63) is 83.4 Å². The molecule has 3 aromatic rings. The Morgan fingerprint density at radius 1 is 1.13 bits per heavy atom. The summed E-state index contributed by atoms with van der Waals surface area (Å²) in [6, 6.07) is 16.3. The molecule has 39 heavy (non-hydrogen) atoms. The summed E-state index contributed by atoms with van der Waals surface area (Å²) in [7, 11) is 0. The van der Waals surface area contributed by atoms with Gasteiger partial charge in [-0.25, -0.2) is 9.37 Å². The number of alkyl halides is 3. The normalized spacial score (nSPS) is 16.4. The third-order valence-corrected chi connectivity index (χ3v) is 7.40. The minimum Gasteiger partial charge on any atom is -0.490 e. The number of benzene rings is 2. The molecule has 5 rings (SSSR count). The zero-order valence-corrected chi connectivity index (χ0v) is 21.4. The van der Waals surface area contributed by atoms with Gasteiger partial charge < -0.3 is 9.64 Å². The fourth-order valence-electron chi connectivity index (χ4n) is 5.04. The topological polar surface area (TPSA) is 69.5 Å². The van der Waals surface area contributed by atoms with Crippen LogP contribution in [0.5, 0.6) is 5.75 Å². The summed E-state index contributed by atoms with van der Waals surface area (Å²) in [6.07, 6.45) is -1.18. The molecule has 0 unspecified atom stereocenters. The minimum atomic E-state index is -4.96. The molecule has 2 heterocycles. The van der Waals surface area contributed by atoms with E-state index in [1.807, 2.05) is 30.3 Å². The molecule has 6 nitrogen and oxygen atoms in total. The number of ether oxygens (including phenoxy) is 1. The van der Waals surface area contributed by atoms with Gasteiger partial charge in [0.25, 0.3) is 5.91 Å². The number of nitriles is 1. The van der Waals surface area contributed by atoms with Gasteiger partial charge >= 0.3 is 6.18 Å². The first-order chi connectivity index (χ1) is 18.7. The van der Waals surface area contributed by atoms with Crippen molar-refractivity contribution in [1.29, 1.82) is 5.26 Å². The van der Waals surface area contributed by atoms with Gasteiger partial charge in [0.2, 0.25) is 0 Å². The second-order valence-corrected chi connectivity index (χ2v) is 9.72. The summed E-state index contributed by atoms with van der Waals surface area (Å²) in [4.78, 5) is 19.5. The first-order valence-corrected chi connectivity index (χ1v) is 12.7. The van der Waals surface area contributed by atoms with Crippen LogP contribution < -0.4 is 14.5 Å². The number of hydrogen-bond acceptors (Lipinski definition) is 5. The van der Waals surface area contributed by atoms with E-state index in [9.17, 15) is 27.6 Å². The molecule has 1 saturated carbocycles. The summed E-state index contributed by atoms with van der Waals surface area (Å²) in [5, 5.41) is 9.08. The predicted octanol–water partition coefficient (Wildman–Crippen LogP) is 6.18. The van der Waals surface area contributed by atoms with E-state index in [1.54, 1.807) is 0 Å². The van der Waals surface area contributed by atoms with Crippen LogP contribution in [0.25, 0.3) is 0 Å². The lowest BCUT2D eigenvalue weighted by atomic mass is 9.75. The van der Waals surface area contributed by atoms with Crippen LogP contribution in [-0.4, -0.2) is 28.1 Å². The van der Waals surface area contributed by atoms with Crippen molar-refractivity contribution in [2.24, 2.45) is 0 Å². The molecule has 0 atom stereocenters. The maximum absolute atomic E-state index is 14.7. The van der Waals surface area contributed by atoms with Crippen LogP contribution in [-0.2, 0) is 17.4 Å². The van der Waals surface area contributed by atoms with Crippen molar-refractivity contribution in [3.63, 3.8) is 0 Å². The number of aryl methyl sites for hydroxylation is 1. The van der Waals surface area contributed by atoms with Gasteiger partial charge in [-0.15, -0.1) is 0 Å². The summed E-state index contributed by atoms with van der Waals surface area (Å²) < 4.78 is 62.4. The highest BCUT2D eigenvalue weighted by Crippen LogP contribution is 2.50. The lowest BCUT2D eigenvalue weighted by Crippen LogP contribution is -2.55. The molecule has 1 aliphatic heterocycles. The van der Waals surface area contributed by atoms with E-state index < -0.39 is 40.4 Å². The van der Waals surface area contributed by atoms with Gasteiger partial charge in [-0.1, -0.05) is 30.3 Å². The molecule has 11 heteroatoms. The number of nitrogens with zero attached hydrogens (tertiary/aromatic N) is 4. The number of halogens is 4. The molecular formula is C28H22F4N4O2S. The summed E-state index contributed by atoms with van der Waals surface area (Å²) >= 11 is 5.58. The van der Waals surface area contributed by atoms with E-state index in [-0.39, 0.29) is 17.5 Å². The fraction of sp³-hybridized carbons (Fsp3) is 0.286. The average molecular weight is 555 g/mol. The molecule has 1 aromatic heterocycles. The highest BCUT2D eigenvalue weighted by atomic mass is 32.1. The lowest BCUT2D eigenvalue weighted by Gasteiger charge is -2.43. The average Bonchev–Trinajstić information content (AvgIpc) is 3.13. The molecule has 2 aromatic carbocycles. The number of pyridine rings is 1. The van der Waals surface area contributed by atoms with Crippen LogP contribution in [0.1, 0.15) is 42.5 Å². The van der Waals surface area contributed by atoms with Crippen molar-refractivity contribution >= 4 is 34.6 Å². The van der Waals surface area contributed by atoms with Gasteiger partial charge in [0.05, 0.1) is 12.3 Å². The SMILES string of the molecule is N#Cc1nccc(N2C(=O)C3(CCC3)N(c3ccc(F)c(OCCCc4ccccc4)c3)C2=S)c1C(F)(F)F. The fourth-order valence-corrected chi connectivity index (χ4v) is 5.50. The summed E-state index contributed by atoms with van der Waals surface area (Å²) in [5.74, 6) is -1.29. The van der Waals surface area contributed by atoms with E-state index >= 15 is 0 Å². The molecule has 0 bridgehead atoms. The van der Waals surface area contributed by atoms with Crippen LogP contribution in [0.15, 0.2) is 60.8 Å². The second kappa shape index (κ2) is 10.3. The van der Waals surface area contributed by atoms with Gasteiger partial charge in [-0.3, -0.25) is 9.69 Å². The van der Waals surface area contributed by atoms with Gasteiger partial charge in [0.15, 0.2) is 22.4 Å². The number of aromatic nitrogens is 1. The molecular weight excluding hydrogens is 532 g/mol. The Hall–Kier alpha value is -4.04. The molecule has 1 spiro atoms. The maximum atomic E-state index is 14.7. The highest BCUT2D eigenvalue weighted by Gasteiger charge is 2.60. The van der Waals surface area contributed by atoms with E-state index in [0.717, 1.165) is 29.1 Å². The second-order valence-electron chi connectivity index (χ2n) is 9.36. The Bertz CT molecular complexity index is 1470. The Labute approximate surface area is 227 Å². The third-order valence-electron chi connectivity index (χ3n) is 7.03. The zero-order chi connectivity index (χ0) is 27.8. The van der Waals surface area contributed by atoms with E-state index in [0.29, 0.717) is 31.4 Å². The van der Waals surface area contributed by atoms with Crippen molar-refractivity contribution in [3.8, 4) is 11.8 Å². The van der Waals surface area contributed by atoms with Gasteiger partial charge in [0, 0.05) is 18.0 Å². The number of anilines is 2. The standard InChI is InChI=1S/C28H22F4N4O2S/c29-20-10-9-19(16-23(20)38-15-4-8-18-6-2-1-3-7-18)36-26(39)35(25(37)27(36)12-5-13-27)22-11-14-34-21(17-33)24(22)28(30,31)32/h1-3,6-7,9-11,14,16H,4-5,8,12-13,15H2. The summed E-state index contributed by atoms with van der Waals surface area (Å²) in [6.45, 7) is 0.235. The Morgan fingerprint density at radius 2 is 1.87 bits per heavy atom. The number of thiocarbonyl (C=S) groups is 1. The molecule has 0 N–H and O–H groups in total. The number of hydrogen-bond donors (Lipinski definition) is 0. The van der Waals surface area contributed by atoms with Gasteiger partial charge in [0.1, 0.15) is 17.2 Å². The molecule has 1 amide bonds. The van der Waals surface area contributed by atoms with Crippen molar-refractivity contribution in [1.82, 2.24) is 4.98 Å². The molecule has 2 fully saturated rings. The summed E-state index contributed by atoms with van der Waals surface area (Å²) in [5.41, 5.74) is -2.50. The van der Waals surface area contributed by atoms with E-state index in [1.165, 1.54) is 29.2 Å². The Balaban J connectivity index is 1.45. The monoisotopic (exact) mass is 554 g/mol. The zero-order valence-electron chi connectivity index (χ0n) is 20.5. The molecule has 200 valence electrons. The largest absolute Gasteiger partial charge is 0.490 e. The minimum absolute atomic E-state index is 0.0459. The van der Waals surface area contributed by atoms with Crippen molar-refractivity contribution in [2.75, 3.05) is 16.4 Å². The highest BCUT2D eigenvalue weighted by molar-refractivity contribution is 7.81. The lowest BCUT2D eigenvalue weighted by molar-refractivity contribution is -0.137. The van der Waals surface area contributed by atoms with Crippen LogP contribution in [0, 0.1) is 17.1 Å². The van der Waals surface area contributed by atoms with E-state index in [2.05, 4.69) is 4.98 Å². The van der Waals surface area contributed by atoms with Gasteiger partial charge in [-0.2, -0.15) is 18.4 Å². The number of carbonyl (C=O) groups is 1. The first-order valence-electron chi connectivity index (χ1n) is 12.3. The van der Waals surface area contributed by atoms with Crippen LogP contribution >= 0.6 is 12.2 Å². The van der Waals surface area contributed by atoms with Crippen molar-refractivity contribution in [2.45, 2.75) is 43.8 Å². The predicted molar refractivity (Wildman–Crippen MR) is 140 cm³/mol. The third kappa shape index (κ3) is 4.69. The Morgan fingerprint density at radius 3 is 2.51 bits per heavy atom. The number of carbonyl (C=O) groups excluding carboxylic acids is 1. The van der Waals surface area contributed by atoms with Gasteiger partial charge in [-0.05, 0) is 68.1 Å². The molecule has 2 aliphatic rings. The molecule has 1 saturated heterocycles. The van der Waals surface area contributed by atoms with Crippen molar-refractivity contribution < 1.29 is 27.1 Å². The van der Waals surface area contributed by atoms with E-state index in [4.69, 9.17) is 17.0 Å². The van der Waals surface area contributed by atoms with Crippen LogP contribution in [0.4, 0.5) is 28.9 Å². The first kappa shape index (κ1) is 26.6. The maximum Gasteiger partial charge on any atom is 0.421 e. The molecule has 0 radical (unpaired) electrons. The van der Waals surface area contributed by atoms with Crippen LogP contribution in [0.3, 0.4) is 0 Å². The van der Waals surface area contributed by atoms with Crippen LogP contribution in [0.2, 0.25) is 0 Å². The number of rotatable bonds is 7. The Kier molecular flexibility index (Phi) is 6.99. The number of amides is 1. The smallest absolute Gasteiger partial charge is 0.421 e. The quantitative estimate of drug-likeness (QED) is 0.197.